The summed E-state index contributed by atoms with van der Waals surface area (Å²) < 4.78 is 6.95. The lowest BCUT2D eigenvalue weighted by Crippen LogP contribution is -2.14. The lowest BCUT2D eigenvalue weighted by atomic mass is 9.80. The minimum Gasteiger partial charge on any atom is -0.481 e. The molecule has 0 aliphatic rings. The van der Waals surface area contributed by atoms with E-state index in [1.54, 1.807) is 7.11 Å². The average Bonchev–Trinajstić information content (AvgIpc) is 2.90. The molecule has 3 nitrogen and oxygen atoms in total. The van der Waals surface area contributed by atoms with Crippen molar-refractivity contribution in [3.05, 3.63) is 124 Å². The summed E-state index contributed by atoms with van der Waals surface area (Å²) in [6.07, 6.45) is 2.35. The number of allylic oxidation sites excluding steroid dienone is 1. The molecule has 4 aromatic carbocycles. The standard InChI is InChI=1S/C32H29BrN2O/c1-35(2)19-18-28(27-15-9-13-22-10-7-8-14-26(22)27)31(23-11-5-4-6-12-23)29-21-24-20-25(33)16-17-30(24)34-32(29)36-3/h4-18,20-21,31H,19H2,1-3H3. The van der Waals surface area contributed by atoms with Gasteiger partial charge in [0.2, 0.25) is 5.88 Å². The molecule has 0 radical (unpaired) electrons. The highest BCUT2D eigenvalue weighted by atomic mass is 79.9. The first kappa shape index (κ1) is 24.2. The van der Waals surface area contributed by atoms with Crippen LogP contribution in [0, 0.1) is 0 Å². The number of benzene rings is 4. The second kappa shape index (κ2) is 10.7. The van der Waals surface area contributed by atoms with Crippen molar-refractivity contribution in [2.45, 2.75) is 5.92 Å². The summed E-state index contributed by atoms with van der Waals surface area (Å²) in [4.78, 5) is 7.13. The number of aromatic nitrogens is 1. The van der Waals surface area contributed by atoms with Crippen molar-refractivity contribution < 1.29 is 4.74 Å². The third kappa shape index (κ3) is 4.92. The number of methoxy groups -OCH3 is 1. The second-order valence-electron chi connectivity index (χ2n) is 9.22. The van der Waals surface area contributed by atoms with E-state index in [9.17, 15) is 0 Å². The predicted octanol–water partition coefficient (Wildman–Crippen LogP) is 7.94. The van der Waals surface area contributed by atoms with Crippen molar-refractivity contribution >= 4 is 43.2 Å². The van der Waals surface area contributed by atoms with E-state index in [0.717, 1.165) is 27.5 Å². The van der Waals surface area contributed by atoms with Crippen LogP contribution in [-0.4, -0.2) is 37.6 Å². The number of nitrogens with zero attached hydrogens (tertiary/aromatic N) is 2. The first-order valence-corrected chi connectivity index (χ1v) is 12.9. The Morgan fingerprint density at radius 1 is 0.889 bits per heavy atom. The molecule has 0 fully saturated rings. The molecule has 4 heteroatoms. The largest absolute Gasteiger partial charge is 0.481 e. The Bertz CT molecular complexity index is 1540. The molecular formula is C32H29BrN2O. The SMILES string of the molecule is COc1nc2ccc(Br)cc2cc1C(C(=CCN(C)C)c1cccc2ccccc12)c1ccccc1. The number of hydrogen-bond acceptors (Lipinski definition) is 3. The lowest BCUT2D eigenvalue weighted by Gasteiger charge is -2.26. The molecule has 180 valence electrons. The van der Waals surface area contributed by atoms with Crippen molar-refractivity contribution in [1.29, 1.82) is 0 Å². The Morgan fingerprint density at radius 3 is 2.42 bits per heavy atom. The van der Waals surface area contributed by atoms with Crippen LogP contribution in [-0.2, 0) is 0 Å². The van der Waals surface area contributed by atoms with Crippen LogP contribution in [0.15, 0.2) is 108 Å². The highest BCUT2D eigenvalue weighted by Gasteiger charge is 2.26. The van der Waals surface area contributed by atoms with Crippen LogP contribution in [0.1, 0.15) is 22.6 Å². The summed E-state index contributed by atoms with van der Waals surface area (Å²) in [5.74, 6) is 0.581. The summed E-state index contributed by atoms with van der Waals surface area (Å²) >= 11 is 3.63. The van der Waals surface area contributed by atoms with E-state index >= 15 is 0 Å². The number of ether oxygens (including phenoxy) is 1. The zero-order valence-electron chi connectivity index (χ0n) is 20.8. The summed E-state index contributed by atoms with van der Waals surface area (Å²) in [7, 11) is 5.91. The molecule has 5 aromatic rings. The van der Waals surface area contributed by atoms with Gasteiger partial charge in [0.15, 0.2) is 0 Å². The Labute approximate surface area is 221 Å². The maximum absolute atomic E-state index is 5.92. The maximum Gasteiger partial charge on any atom is 0.217 e. The third-order valence-corrected chi connectivity index (χ3v) is 6.99. The molecule has 1 atom stereocenters. The molecule has 5 rings (SSSR count). The van der Waals surface area contributed by atoms with Gasteiger partial charge in [-0.15, -0.1) is 0 Å². The number of rotatable bonds is 7. The van der Waals surface area contributed by atoms with Crippen LogP contribution in [0.5, 0.6) is 5.88 Å². The molecule has 0 amide bonds. The molecule has 0 aliphatic heterocycles. The Balaban J connectivity index is 1.83. The lowest BCUT2D eigenvalue weighted by molar-refractivity contribution is 0.394. The molecule has 0 N–H and O–H groups in total. The maximum atomic E-state index is 5.92. The van der Waals surface area contributed by atoms with Gasteiger partial charge in [0.1, 0.15) is 0 Å². The smallest absolute Gasteiger partial charge is 0.217 e. The van der Waals surface area contributed by atoms with E-state index in [2.05, 4.69) is 126 Å². The van der Waals surface area contributed by atoms with E-state index < -0.39 is 0 Å². The van der Waals surface area contributed by atoms with Gasteiger partial charge in [0.25, 0.3) is 0 Å². The van der Waals surface area contributed by atoms with Crippen LogP contribution in [0.4, 0.5) is 0 Å². The van der Waals surface area contributed by atoms with Crippen LogP contribution in [0.3, 0.4) is 0 Å². The summed E-state index contributed by atoms with van der Waals surface area (Å²) in [6.45, 7) is 0.816. The van der Waals surface area contributed by atoms with E-state index in [1.807, 2.05) is 12.1 Å². The fourth-order valence-corrected chi connectivity index (χ4v) is 5.21. The normalized spacial score (nSPS) is 12.9. The van der Waals surface area contributed by atoms with E-state index in [-0.39, 0.29) is 5.92 Å². The highest BCUT2D eigenvalue weighted by Crippen LogP contribution is 2.44. The third-order valence-electron chi connectivity index (χ3n) is 6.49. The van der Waals surface area contributed by atoms with E-state index in [1.165, 1.54) is 27.5 Å². The molecule has 1 aromatic heterocycles. The van der Waals surface area contributed by atoms with Gasteiger partial charge in [-0.25, -0.2) is 4.98 Å². The van der Waals surface area contributed by atoms with Gasteiger partial charge in [0.05, 0.1) is 12.6 Å². The first-order valence-electron chi connectivity index (χ1n) is 12.1. The van der Waals surface area contributed by atoms with E-state index in [4.69, 9.17) is 9.72 Å². The highest BCUT2D eigenvalue weighted by molar-refractivity contribution is 9.10. The molecular weight excluding hydrogens is 508 g/mol. The fraction of sp³-hybridized carbons (Fsp3) is 0.156. The number of fused-ring (bicyclic) bond motifs is 2. The number of pyridine rings is 1. The zero-order valence-corrected chi connectivity index (χ0v) is 22.4. The minimum atomic E-state index is -0.0669. The van der Waals surface area contributed by atoms with Crippen molar-refractivity contribution in [2.24, 2.45) is 0 Å². The van der Waals surface area contributed by atoms with Crippen molar-refractivity contribution in [3.63, 3.8) is 0 Å². The van der Waals surface area contributed by atoms with Gasteiger partial charge in [-0.3, -0.25) is 0 Å². The summed E-state index contributed by atoms with van der Waals surface area (Å²) in [5, 5.41) is 3.54. The molecule has 0 saturated carbocycles. The zero-order chi connectivity index (χ0) is 25.1. The Kier molecular flexibility index (Phi) is 7.17. The molecule has 0 spiro atoms. The van der Waals surface area contributed by atoms with Crippen molar-refractivity contribution in [2.75, 3.05) is 27.7 Å². The van der Waals surface area contributed by atoms with Gasteiger partial charge in [0, 0.05) is 27.9 Å². The van der Waals surface area contributed by atoms with Gasteiger partial charge in [-0.2, -0.15) is 0 Å². The van der Waals surface area contributed by atoms with Crippen LogP contribution >= 0.6 is 15.9 Å². The quantitative estimate of drug-likeness (QED) is 0.211. The number of halogens is 1. The molecule has 1 heterocycles. The van der Waals surface area contributed by atoms with Crippen LogP contribution in [0.2, 0.25) is 0 Å². The average molecular weight is 538 g/mol. The summed E-state index contributed by atoms with van der Waals surface area (Å²) in [5.41, 5.74) is 5.62. The predicted molar refractivity (Wildman–Crippen MR) is 155 cm³/mol. The topological polar surface area (TPSA) is 25.4 Å². The number of hydrogen-bond donors (Lipinski definition) is 0. The minimum absolute atomic E-state index is 0.0669. The molecule has 0 aliphatic carbocycles. The molecule has 0 bridgehead atoms. The van der Waals surface area contributed by atoms with E-state index in [0.29, 0.717) is 5.88 Å². The van der Waals surface area contributed by atoms with Crippen molar-refractivity contribution in [1.82, 2.24) is 9.88 Å². The molecule has 1 unspecified atom stereocenters. The molecule has 36 heavy (non-hydrogen) atoms. The van der Waals surface area contributed by atoms with Gasteiger partial charge >= 0.3 is 0 Å². The number of likely N-dealkylation sites (N-methyl/N-ethyl adjacent to an activating group) is 1. The summed E-state index contributed by atoms with van der Waals surface area (Å²) in [6, 6.07) is 34.2. The monoisotopic (exact) mass is 536 g/mol. The van der Waals surface area contributed by atoms with Crippen molar-refractivity contribution in [3.8, 4) is 5.88 Å². The molecule has 0 saturated heterocycles. The Morgan fingerprint density at radius 2 is 1.64 bits per heavy atom. The fourth-order valence-electron chi connectivity index (χ4n) is 4.83. The second-order valence-corrected chi connectivity index (χ2v) is 10.1. The Hall–Kier alpha value is -3.47. The van der Waals surface area contributed by atoms with Gasteiger partial charge in [-0.05, 0) is 65.8 Å². The first-order chi connectivity index (χ1) is 17.5. The van der Waals surface area contributed by atoms with Crippen LogP contribution in [0.25, 0.3) is 27.2 Å². The van der Waals surface area contributed by atoms with Gasteiger partial charge in [-0.1, -0.05) is 94.8 Å². The van der Waals surface area contributed by atoms with Gasteiger partial charge < -0.3 is 9.64 Å². The van der Waals surface area contributed by atoms with Crippen LogP contribution < -0.4 is 4.74 Å².